The van der Waals surface area contributed by atoms with Gasteiger partial charge in [-0.05, 0) is 50.2 Å². The summed E-state index contributed by atoms with van der Waals surface area (Å²) in [5.41, 5.74) is 2.93. The molecule has 0 aromatic carbocycles. The molecule has 2 fully saturated rings. The molecule has 1 aliphatic carbocycles. The van der Waals surface area contributed by atoms with Gasteiger partial charge in [0.1, 0.15) is 0 Å². The van der Waals surface area contributed by atoms with Crippen LogP contribution in [0.1, 0.15) is 44.2 Å². The van der Waals surface area contributed by atoms with Crippen LogP contribution in [-0.2, 0) is 6.54 Å². The Morgan fingerprint density at radius 3 is 2.85 bits per heavy atom. The van der Waals surface area contributed by atoms with Gasteiger partial charge in [0.05, 0.1) is 0 Å². The summed E-state index contributed by atoms with van der Waals surface area (Å²) in [6, 6.07) is 2.93. The Balaban J connectivity index is 1.73. The summed E-state index contributed by atoms with van der Waals surface area (Å²) in [6.45, 7) is 10.2. The summed E-state index contributed by atoms with van der Waals surface area (Å²) in [5, 5.41) is 3.83. The predicted octanol–water partition coefficient (Wildman–Crippen LogP) is 2.74. The van der Waals surface area contributed by atoms with Crippen LogP contribution in [0.4, 0.5) is 0 Å². The lowest BCUT2D eigenvalue weighted by atomic mass is 9.90. The van der Waals surface area contributed by atoms with Gasteiger partial charge in [-0.25, -0.2) is 0 Å². The quantitative estimate of drug-likeness (QED) is 0.914. The smallest absolute Gasteiger partial charge is 0.0313 e. The number of hydrogen-bond acceptors (Lipinski definition) is 3. The highest BCUT2D eigenvalue weighted by Crippen LogP contribution is 2.41. The first-order chi connectivity index (χ1) is 9.60. The van der Waals surface area contributed by atoms with Crippen molar-refractivity contribution in [3.05, 3.63) is 29.6 Å². The molecule has 3 rings (SSSR count). The van der Waals surface area contributed by atoms with Gasteiger partial charge in [0.25, 0.3) is 0 Å². The van der Waals surface area contributed by atoms with E-state index in [4.69, 9.17) is 0 Å². The Labute approximate surface area is 122 Å². The molecular weight excluding hydrogens is 246 g/mol. The first-order valence-corrected chi connectivity index (χ1v) is 8.00. The third kappa shape index (κ3) is 2.89. The van der Waals surface area contributed by atoms with E-state index < -0.39 is 0 Å². The van der Waals surface area contributed by atoms with E-state index in [1.807, 2.05) is 12.4 Å². The zero-order chi connectivity index (χ0) is 14.2. The number of pyridine rings is 1. The molecular formula is C17H27N3. The molecule has 110 valence electrons. The van der Waals surface area contributed by atoms with Crippen LogP contribution in [-0.4, -0.2) is 34.6 Å². The second-order valence-electron chi connectivity index (χ2n) is 6.91. The van der Waals surface area contributed by atoms with Gasteiger partial charge in [-0.1, -0.05) is 13.0 Å². The minimum absolute atomic E-state index is 0.322. The van der Waals surface area contributed by atoms with Crippen molar-refractivity contribution in [2.45, 2.75) is 58.2 Å². The van der Waals surface area contributed by atoms with Gasteiger partial charge < -0.3 is 5.32 Å². The number of nitrogens with zero attached hydrogens (tertiary/aromatic N) is 2. The van der Waals surface area contributed by atoms with Crippen LogP contribution in [0.5, 0.6) is 0 Å². The van der Waals surface area contributed by atoms with Crippen LogP contribution in [0.15, 0.2) is 18.5 Å². The van der Waals surface area contributed by atoms with Crippen LogP contribution < -0.4 is 5.32 Å². The van der Waals surface area contributed by atoms with Gasteiger partial charge in [-0.15, -0.1) is 0 Å². The molecule has 0 bridgehead atoms. The normalized spacial score (nSPS) is 31.4. The van der Waals surface area contributed by atoms with Crippen LogP contribution in [0.2, 0.25) is 0 Å². The van der Waals surface area contributed by atoms with Crippen molar-refractivity contribution in [3.8, 4) is 0 Å². The third-order valence-electron chi connectivity index (χ3n) is 5.06. The Hall–Kier alpha value is -0.930. The molecule has 0 spiro atoms. The number of nitrogens with one attached hydrogen (secondary N) is 1. The van der Waals surface area contributed by atoms with Crippen molar-refractivity contribution in [1.29, 1.82) is 0 Å². The van der Waals surface area contributed by atoms with Crippen molar-refractivity contribution in [1.82, 2.24) is 15.2 Å². The van der Waals surface area contributed by atoms with E-state index in [1.165, 1.54) is 36.9 Å². The Kier molecular flexibility index (Phi) is 3.83. The molecule has 2 aliphatic rings. The number of rotatable bonds is 4. The molecule has 2 unspecified atom stereocenters. The Bertz CT molecular complexity index is 469. The second-order valence-corrected chi connectivity index (χ2v) is 6.91. The molecule has 2 heterocycles. The average Bonchev–Trinajstić information content (AvgIpc) is 3.24. The molecule has 1 aromatic rings. The highest BCUT2D eigenvalue weighted by Gasteiger charge is 2.45. The fraction of sp³-hybridized carbons (Fsp3) is 0.706. The van der Waals surface area contributed by atoms with Gasteiger partial charge in [-0.2, -0.15) is 0 Å². The topological polar surface area (TPSA) is 28.2 Å². The molecule has 0 radical (unpaired) electrons. The number of hydrogen-bond donors (Lipinski definition) is 1. The summed E-state index contributed by atoms with van der Waals surface area (Å²) in [6.07, 6.45) is 7.98. The van der Waals surface area contributed by atoms with Crippen LogP contribution in [0.25, 0.3) is 0 Å². The van der Waals surface area contributed by atoms with Gasteiger partial charge >= 0.3 is 0 Å². The van der Waals surface area contributed by atoms with E-state index in [9.17, 15) is 0 Å². The highest BCUT2D eigenvalue weighted by atomic mass is 15.3. The maximum atomic E-state index is 4.34. The Morgan fingerprint density at radius 1 is 1.40 bits per heavy atom. The summed E-state index contributed by atoms with van der Waals surface area (Å²) in [4.78, 5) is 7.01. The van der Waals surface area contributed by atoms with Gasteiger partial charge in [0.2, 0.25) is 0 Å². The fourth-order valence-electron chi connectivity index (χ4n) is 3.61. The van der Waals surface area contributed by atoms with Gasteiger partial charge in [-0.3, -0.25) is 9.88 Å². The van der Waals surface area contributed by atoms with E-state index in [0.29, 0.717) is 11.6 Å². The SMILES string of the molecule is CCC1CNC(C)(C2CC2)CN1Cc1cncc(C)c1. The summed E-state index contributed by atoms with van der Waals surface area (Å²) >= 11 is 0. The van der Waals surface area contributed by atoms with E-state index in [-0.39, 0.29) is 0 Å². The molecule has 1 aliphatic heterocycles. The maximum Gasteiger partial charge on any atom is 0.0313 e. The molecule has 3 heteroatoms. The lowest BCUT2D eigenvalue weighted by Crippen LogP contribution is -2.63. The predicted molar refractivity (Wildman–Crippen MR) is 82.6 cm³/mol. The lowest BCUT2D eigenvalue weighted by molar-refractivity contribution is 0.0665. The summed E-state index contributed by atoms with van der Waals surface area (Å²) in [5.74, 6) is 0.887. The van der Waals surface area contributed by atoms with Crippen LogP contribution >= 0.6 is 0 Å². The first-order valence-electron chi connectivity index (χ1n) is 8.00. The van der Waals surface area contributed by atoms with E-state index in [2.05, 4.69) is 42.0 Å². The summed E-state index contributed by atoms with van der Waals surface area (Å²) in [7, 11) is 0. The molecule has 1 N–H and O–H groups in total. The first kappa shape index (κ1) is 14.0. The van der Waals surface area contributed by atoms with Crippen molar-refractivity contribution in [3.63, 3.8) is 0 Å². The number of aromatic nitrogens is 1. The Morgan fingerprint density at radius 2 is 2.20 bits per heavy atom. The van der Waals surface area contributed by atoms with Crippen LogP contribution in [0.3, 0.4) is 0 Å². The maximum absolute atomic E-state index is 4.34. The monoisotopic (exact) mass is 273 g/mol. The zero-order valence-electron chi connectivity index (χ0n) is 13.0. The average molecular weight is 273 g/mol. The van der Waals surface area contributed by atoms with E-state index in [0.717, 1.165) is 19.0 Å². The summed E-state index contributed by atoms with van der Waals surface area (Å²) < 4.78 is 0. The molecule has 1 aromatic heterocycles. The van der Waals surface area contributed by atoms with E-state index >= 15 is 0 Å². The number of piperazine rings is 1. The molecule has 2 atom stereocenters. The fourth-order valence-corrected chi connectivity index (χ4v) is 3.61. The minimum atomic E-state index is 0.322. The molecule has 1 saturated heterocycles. The van der Waals surface area contributed by atoms with E-state index in [1.54, 1.807) is 0 Å². The van der Waals surface area contributed by atoms with Crippen molar-refractivity contribution < 1.29 is 0 Å². The molecule has 3 nitrogen and oxygen atoms in total. The number of aryl methyl sites for hydroxylation is 1. The lowest BCUT2D eigenvalue weighted by Gasteiger charge is -2.46. The molecule has 0 amide bonds. The molecule has 20 heavy (non-hydrogen) atoms. The standard InChI is InChI=1S/C17H27N3/c1-4-16-10-19-17(3,15-5-6-15)12-20(16)11-14-7-13(2)8-18-9-14/h7-9,15-16,19H,4-6,10-12H2,1-3H3. The van der Waals surface area contributed by atoms with Crippen molar-refractivity contribution in [2.24, 2.45) is 5.92 Å². The molecule has 1 saturated carbocycles. The highest BCUT2D eigenvalue weighted by molar-refractivity contribution is 5.17. The van der Waals surface area contributed by atoms with Crippen molar-refractivity contribution in [2.75, 3.05) is 13.1 Å². The van der Waals surface area contributed by atoms with Crippen LogP contribution in [0, 0.1) is 12.8 Å². The second kappa shape index (κ2) is 5.45. The van der Waals surface area contributed by atoms with Gasteiger partial charge in [0, 0.05) is 43.6 Å². The minimum Gasteiger partial charge on any atom is -0.308 e. The zero-order valence-corrected chi connectivity index (χ0v) is 13.0. The third-order valence-corrected chi connectivity index (χ3v) is 5.06. The van der Waals surface area contributed by atoms with Crippen molar-refractivity contribution >= 4 is 0 Å². The largest absolute Gasteiger partial charge is 0.308 e. The van der Waals surface area contributed by atoms with Gasteiger partial charge in [0.15, 0.2) is 0 Å².